The lowest BCUT2D eigenvalue weighted by atomic mass is 9.94. The zero-order valence-electron chi connectivity index (χ0n) is 27.8. The predicted molar refractivity (Wildman–Crippen MR) is 195 cm³/mol. The summed E-state index contributed by atoms with van der Waals surface area (Å²) in [5.41, 5.74) is 7.74. The molecule has 3 aromatic carbocycles. The van der Waals surface area contributed by atoms with E-state index < -0.39 is 5.92 Å². The highest BCUT2D eigenvalue weighted by Gasteiger charge is 2.29. The summed E-state index contributed by atoms with van der Waals surface area (Å²) in [5.74, 6) is 3.64. The Morgan fingerprint density at radius 3 is 2.36 bits per heavy atom. The molecule has 8 nitrogen and oxygen atoms in total. The summed E-state index contributed by atoms with van der Waals surface area (Å²) in [5, 5.41) is 3.35. The molecule has 0 amide bonds. The number of methoxy groups -OCH3 is 1. The summed E-state index contributed by atoms with van der Waals surface area (Å²) in [6.07, 6.45) is 5.99. The number of carbonyl (C=O) groups is 2. The molecule has 1 N–H and O–H groups in total. The minimum Gasteiger partial charge on any atom is -0.494 e. The van der Waals surface area contributed by atoms with Crippen molar-refractivity contribution < 1.29 is 23.1 Å². The third-order valence-corrected chi connectivity index (χ3v) is 10.5. The van der Waals surface area contributed by atoms with Crippen LogP contribution in [-0.4, -0.2) is 55.5 Å². The van der Waals surface area contributed by atoms with Gasteiger partial charge in [-0.15, -0.1) is 0 Å². The van der Waals surface area contributed by atoms with E-state index in [1.165, 1.54) is 29.8 Å². The van der Waals surface area contributed by atoms with Crippen LogP contribution in [0.4, 0.5) is 20.4 Å². The van der Waals surface area contributed by atoms with Crippen molar-refractivity contribution in [2.24, 2.45) is 5.92 Å². The van der Waals surface area contributed by atoms with Crippen LogP contribution in [0.25, 0.3) is 5.69 Å². The quantitative estimate of drug-likeness (QED) is 0.156. The first-order valence-corrected chi connectivity index (χ1v) is 18.6. The maximum Gasteiger partial charge on any atom is 0.227 e. The van der Waals surface area contributed by atoms with E-state index >= 15 is 0 Å². The molecule has 2 aliphatic rings. The fourth-order valence-corrected chi connectivity index (χ4v) is 7.93. The van der Waals surface area contributed by atoms with Gasteiger partial charge in [0.1, 0.15) is 29.0 Å². The molecule has 0 bridgehead atoms. The van der Waals surface area contributed by atoms with Crippen LogP contribution in [0.5, 0.6) is 5.75 Å². The number of halogens is 2. The number of benzene rings is 3. The molecular weight excluding hydrogens is 677 g/mol. The SMILES string of the molecule is COc1cc(Nc2nc3c(c(Cc4ccc(F)cc4)n2)CSCC3)ccc1-n1cnc(C)c1.O=C1CCSCC1C(=O)Cc1ccc(F)cc1. The van der Waals surface area contributed by atoms with E-state index in [-0.39, 0.29) is 29.6 Å². The van der Waals surface area contributed by atoms with Crippen molar-refractivity contribution >= 4 is 46.7 Å². The molecule has 2 aromatic heterocycles. The Hall–Kier alpha value is -4.55. The fraction of sp³-hybridized carbons (Fsp3) is 0.289. The molecule has 0 spiro atoms. The number of carbonyl (C=O) groups excluding carboxylic acids is 2. The maximum absolute atomic E-state index is 13.4. The monoisotopic (exact) mass is 713 g/mol. The number of aromatic nitrogens is 4. The van der Waals surface area contributed by atoms with Gasteiger partial charge < -0.3 is 14.6 Å². The van der Waals surface area contributed by atoms with Crippen molar-refractivity contribution in [3.63, 3.8) is 0 Å². The first kappa shape index (κ1) is 35.3. The molecule has 4 heterocycles. The van der Waals surface area contributed by atoms with Gasteiger partial charge in [0.2, 0.25) is 5.95 Å². The minimum atomic E-state index is -0.459. The van der Waals surface area contributed by atoms with Gasteiger partial charge in [-0.25, -0.2) is 23.7 Å². The third-order valence-electron chi connectivity index (χ3n) is 8.46. The van der Waals surface area contributed by atoms with E-state index in [1.807, 2.05) is 59.8 Å². The second kappa shape index (κ2) is 16.4. The molecule has 7 rings (SSSR count). The maximum atomic E-state index is 13.4. The van der Waals surface area contributed by atoms with Crippen LogP contribution in [0.2, 0.25) is 0 Å². The molecule has 50 heavy (non-hydrogen) atoms. The van der Waals surface area contributed by atoms with Crippen LogP contribution in [0.3, 0.4) is 0 Å². The van der Waals surface area contributed by atoms with Crippen LogP contribution >= 0.6 is 23.5 Å². The highest BCUT2D eigenvalue weighted by molar-refractivity contribution is 7.99. The number of ketones is 2. The molecule has 0 aliphatic carbocycles. The van der Waals surface area contributed by atoms with Crippen LogP contribution in [0.15, 0.2) is 79.3 Å². The smallest absolute Gasteiger partial charge is 0.227 e. The van der Waals surface area contributed by atoms with Gasteiger partial charge in [0.25, 0.3) is 0 Å². The summed E-state index contributed by atoms with van der Waals surface area (Å²) >= 11 is 3.54. The first-order chi connectivity index (χ1) is 24.2. The topological polar surface area (TPSA) is 99.0 Å². The average molecular weight is 714 g/mol. The van der Waals surface area contributed by atoms with Crippen molar-refractivity contribution in [3.05, 3.63) is 125 Å². The van der Waals surface area contributed by atoms with E-state index in [9.17, 15) is 18.4 Å². The van der Waals surface area contributed by atoms with Crippen molar-refractivity contribution in [3.8, 4) is 11.4 Å². The molecule has 1 fully saturated rings. The number of imidazole rings is 1. The van der Waals surface area contributed by atoms with Gasteiger partial charge in [-0.1, -0.05) is 24.3 Å². The zero-order valence-corrected chi connectivity index (χ0v) is 29.5. The van der Waals surface area contributed by atoms with Crippen LogP contribution in [0, 0.1) is 24.5 Å². The molecule has 0 radical (unpaired) electrons. The average Bonchev–Trinajstić information content (AvgIpc) is 3.56. The highest BCUT2D eigenvalue weighted by atomic mass is 32.2. The van der Waals surface area contributed by atoms with Gasteiger partial charge in [-0.05, 0) is 66.6 Å². The minimum absolute atomic E-state index is 0.0474. The van der Waals surface area contributed by atoms with Crippen molar-refractivity contribution in [2.75, 3.05) is 29.7 Å². The first-order valence-electron chi connectivity index (χ1n) is 16.3. The number of fused-ring (bicyclic) bond motifs is 1. The van der Waals surface area contributed by atoms with E-state index in [4.69, 9.17) is 14.7 Å². The molecule has 258 valence electrons. The second-order valence-electron chi connectivity index (χ2n) is 12.1. The largest absolute Gasteiger partial charge is 0.494 e. The number of nitrogens with zero attached hydrogens (tertiary/aromatic N) is 4. The number of hydrogen-bond acceptors (Lipinski definition) is 9. The van der Waals surface area contributed by atoms with Gasteiger partial charge in [-0.3, -0.25) is 9.59 Å². The van der Waals surface area contributed by atoms with Crippen LogP contribution in [-0.2, 0) is 34.6 Å². The Labute approximate surface area is 298 Å². The van der Waals surface area contributed by atoms with E-state index in [2.05, 4.69) is 10.3 Å². The number of aryl methyl sites for hydroxylation is 2. The van der Waals surface area contributed by atoms with Crippen molar-refractivity contribution in [2.45, 2.75) is 38.4 Å². The Morgan fingerprint density at radius 1 is 0.960 bits per heavy atom. The van der Waals surface area contributed by atoms with Crippen molar-refractivity contribution in [1.29, 1.82) is 0 Å². The standard InChI is InChI=1S/C25H24FN5OS.C13H13FO2S/c1-16-13-31(15-27-16)23-8-7-19(12-24(23)32-2)28-25-29-21-9-10-33-14-20(21)22(30-25)11-17-3-5-18(26)6-4-17;14-10-3-1-9(2-4-10)7-13(16)11-8-17-6-5-12(11)15/h3-8,12-13,15H,9-11,14H2,1-2H3,(H,28,29,30);1-4,11H,5-8H2. The summed E-state index contributed by atoms with van der Waals surface area (Å²) in [7, 11) is 1.65. The second-order valence-corrected chi connectivity index (χ2v) is 14.3. The Bertz CT molecular complexity index is 1970. The summed E-state index contributed by atoms with van der Waals surface area (Å²) < 4.78 is 33.6. The summed E-state index contributed by atoms with van der Waals surface area (Å²) in [6.45, 7) is 1.95. The van der Waals surface area contributed by atoms with E-state index in [0.717, 1.165) is 69.0 Å². The molecule has 0 saturated carbocycles. The molecular formula is C38H37F2N5O3S2. The van der Waals surface area contributed by atoms with Crippen molar-refractivity contribution in [1.82, 2.24) is 19.5 Å². The van der Waals surface area contributed by atoms with Gasteiger partial charge in [0, 0.05) is 60.0 Å². The Kier molecular flexibility index (Phi) is 11.6. The zero-order chi connectivity index (χ0) is 35.0. The highest BCUT2D eigenvalue weighted by Crippen LogP contribution is 2.31. The van der Waals surface area contributed by atoms with Gasteiger partial charge in [0.05, 0.1) is 42.1 Å². The third kappa shape index (κ3) is 8.97. The normalized spacial score (nSPS) is 15.4. The summed E-state index contributed by atoms with van der Waals surface area (Å²) in [4.78, 5) is 37.5. The lowest BCUT2D eigenvalue weighted by Gasteiger charge is -2.20. The number of rotatable bonds is 9. The van der Waals surface area contributed by atoms with Gasteiger partial charge in [-0.2, -0.15) is 23.5 Å². The summed E-state index contributed by atoms with van der Waals surface area (Å²) in [6, 6.07) is 18.4. The Balaban J connectivity index is 0.000000214. The number of ether oxygens (including phenoxy) is 1. The number of nitrogens with one attached hydrogen (secondary N) is 1. The molecule has 1 unspecified atom stereocenters. The number of anilines is 2. The fourth-order valence-electron chi connectivity index (χ4n) is 5.79. The lowest BCUT2D eigenvalue weighted by Crippen LogP contribution is -2.31. The van der Waals surface area contributed by atoms with E-state index in [1.54, 1.807) is 37.3 Å². The number of hydrogen-bond donors (Lipinski definition) is 1. The van der Waals surface area contributed by atoms with Gasteiger partial charge >= 0.3 is 0 Å². The Morgan fingerprint density at radius 2 is 1.68 bits per heavy atom. The molecule has 12 heteroatoms. The number of thioether (sulfide) groups is 2. The number of Topliss-reactive ketones (excluding diaryl/α,β-unsaturated/α-hetero) is 2. The predicted octanol–water partition coefficient (Wildman–Crippen LogP) is 7.50. The molecule has 1 saturated heterocycles. The molecule has 2 aliphatic heterocycles. The van der Waals surface area contributed by atoms with Gasteiger partial charge in [0.15, 0.2) is 0 Å². The van der Waals surface area contributed by atoms with Crippen LogP contribution < -0.4 is 10.1 Å². The molecule has 1 atom stereocenters. The van der Waals surface area contributed by atoms with E-state index in [0.29, 0.717) is 24.5 Å². The lowest BCUT2D eigenvalue weighted by molar-refractivity contribution is -0.131. The molecule has 5 aromatic rings. The van der Waals surface area contributed by atoms with Crippen LogP contribution in [0.1, 0.15) is 40.2 Å².